The van der Waals surface area contributed by atoms with Crippen molar-refractivity contribution >= 4 is 51.7 Å². The van der Waals surface area contributed by atoms with Gasteiger partial charge in [0, 0.05) is 41.0 Å². The molecule has 1 amide bonds. The van der Waals surface area contributed by atoms with Gasteiger partial charge in [0.1, 0.15) is 0 Å². The standard InChI is InChI=1S/C15H17Cl2N3OS/c1-20-13(8-22-15(20)19-11-2-3-11)7-14(21)18-12-5-9(16)4-10(17)6-12/h4-6,11,13H,2-3,7-8H2,1H3,(H,18,21). The largest absolute Gasteiger partial charge is 0.350 e. The lowest BCUT2D eigenvalue weighted by molar-refractivity contribution is -0.116. The Balaban J connectivity index is 1.57. The van der Waals surface area contributed by atoms with Crippen LogP contribution in [0.25, 0.3) is 0 Å². The second-order valence-electron chi connectivity index (χ2n) is 5.63. The Bertz CT molecular complexity index is 599. The first-order valence-electron chi connectivity index (χ1n) is 7.20. The molecule has 7 heteroatoms. The Kier molecular flexibility index (Phi) is 4.85. The molecule has 0 bridgehead atoms. The van der Waals surface area contributed by atoms with Gasteiger partial charge in [-0.2, -0.15) is 0 Å². The summed E-state index contributed by atoms with van der Waals surface area (Å²) in [6.45, 7) is 0. The van der Waals surface area contributed by atoms with Crippen molar-refractivity contribution in [1.29, 1.82) is 0 Å². The van der Waals surface area contributed by atoms with E-state index in [2.05, 4.69) is 15.2 Å². The minimum absolute atomic E-state index is 0.0385. The maximum absolute atomic E-state index is 12.2. The van der Waals surface area contributed by atoms with Gasteiger partial charge in [-0.15, -0.1) is 0 Å². The van der Waals surface area contributed by atoms with Gasteiger partial charge in [-0.25, -0.2) is 0 Å². The topological polar surface area (TPSA) is 44.7 Å². The fourth-order valence-electron chi connectivity index (χ4n) is 2.28. The van der Waals surface area contributed by atoms with Crippen LogP contribution >= 0.6 is 35.0 Å². The number of benzene rings is 1. The molecule has 1 heterocycles. The van der Waals surface area contributed by atoms with E-state index in [1.165, 1.54) is 12.8 Å². The van der Waals surface area contributed by atoms with E-state index >= 15 is 0 Å². The molecule has 1 atom stereocenters. The van der Waals surface area contributed by atoms with Crippen molar-refractivity contribution in [2.75, 3.05) is 18.1 Å². The minimum Gasteiger partial charge on any atom is -0.350 e. The zero-order valence-corrected chi connectivity index (χ0v) is 14.5. The van der Waals surface area contributed by atoms with Crippen LogP contribution in [-0.2, 0) is 4.79 Å². The van der Waals surface area contributed by atoms with Gasteiger partial charge in [0.15, 0.2) is 5.17 Å². The zero-order valence-electron chi connectivity index (χ0n) is 12.2. The van der Waals surface area contributed by atoms with Crippen molar-refractivity contribution in [3.05, 3.63) is 28.2 Å². The van der Waals surface area contributed by atoms with Gasteiger partial charge in [-0.05, 0) is 31.0 Å². The van der Waals surface area contributed by atoms with Crippen molar-refractivity contribution in [3.63, 3.8) is 0 Å². The highest BCUT2D eigenvalue weighted by atomic mass is 35.5. The highest BCUT2D eigenvalue weighted by Crippen LogP contribution is 2.30. The molecule has 22 heavy (non-hydrogen) atoms. The van der Waals surface area contributed by atoms with Gasteiger partial charge in [-0.1, -0.05) is 35.0 Å². The summed E-state index contributed by atoms with van der Waals surface area (Å²) < 4.78 is 0. The number of halogens is 2. The number of aliphatic imine (C=N–C) groups is 1. The number of hydrogen-bond acceptors (Lipinski definition) is 3. The Morgan fingerprint density at radius 2 is 2.05 bits per heavy atom. The summed E-state index contributed by atoms with van der Waals surface area (Å²) in [5, 5.41) is 4.94. The van der Waals surface area contributed by atoms with Crippen LogP contribution < -0.4 is 5.32 Å². The molecule has 3 rings (SSSR count). The first-order chi connectivity index (χ1) is 10.5. The molecule has 2 fully saturated rings. The summed E-state index contributed by atoms with van der Waals surface area (Å²) in [5.41, 5.74) is 0.627. The van der Waals surface area contributed by atoms with Crippen LogP contribution in [0.3, 0.4) is 0 Å². The van der Waals surface area contributed by atoms with Crippen molar-refractivity contribution in [2.45, 2.75) is 31.3 Å². The number of amides is 1. The van der Waals surface area contributed by atoms with Crippen molar-refractivity contribution < 1.29 is 4.79 Å². The summed E-state index contributed by atoms with van der Waals surface area (Å²) in [5.74, 6) is 0.856. The first kappa shape index (κ1) is 16.0. The smallest absolute Gasteiger partial charge is 0.226 e. The van der Waals surface area contributed by atoms with Crippen LogP contribution in [-0.4, -0.2) is 40.9 Å². The van der Waals surface area contributed by atoms with Crippen LogP contribution in [0.2, 0.25) is 10.0 Å². The Hall–Kier alpha value is -0.910. The summed E-state index contributed by atoms with van der Waals surface area (Å²) >= 11 is 13.6. The first-order valence-corrected chi connectivity index (χ1v) is 8.95. The van der Waals surface area contributed by atoms with E-state index < -0.39 is 0 Å². The van der Waals surface area contributed by atoms with E-state index in [-0.39, 0.29) is 11.9 Å². The number of carbonyl (C=O) groups excluding carboxylic acids is 1. The molecule has 4 nitrogen and oxygen atoms in total. The van der Waals surface area contributed by atoms with E-state index in [1.807, 2.05) is 7.05 Å². The normalized spacial score (nSPS) is 23.1. The number of hydrogen-bond donors (Lipinski definition) is 1. The molecular weight excluding hydrogens is 341 g/mol. The number of anilines is 1. The second-order valence-corrected chi connectivity index (χ2v) is 7.49. The van der Waals surface area contributed by atoms with Crippen molar-refractivity contribution in [3.8, 4) is 0 Å². The van der Waals surface area contributed by atoms with E-state index in [0.29, 0.717) is 28.2 Å². The van der Waals surface area contributed by atoms with Crippen LogP contribution in [0.4, 0.5) is 5.69 Å². The lowest BCUT2D eigenvalue weighted by Crippen LogP contribution is -2.33. The molecule has 0 aromatic heterocycles. The van der Waals surface area contributed by atoms with Crippen LogP contribution in [0.1, 0.15) is 19.3 Å². The van der Waals surface area contributed by atoms with E-state index in [1.54, 1.807) is 30.0 Å². The Morgan fingerprint density at radius 1 is 1.36 bits per heavy atom. The molecule has 1 unspecified atom stereocenters. The third-order valence-electron chi connectivity index (χ3n) is 3.66. The molecule has 118 valence electrons. The Labute approximate surface area is 144 Å². The quantitative estimate of drug-likeness (QED) is 0.888. The molecule has 1 aromatic rings. The second kappa shape index (κ2) is 6.69. The molecular formula is C15H17Cl2N3OS. The molecule has 1 aliphatic carbocycles. The average molecular weight is 358 g/mol. The van der Waals surface area contributed by atoms with Gasteiger partial charge >= 0.3 is 0 Å². The number of nitrogens with one attached hydrogen (secondary N) is 1. The van der Waals surface area contributed by atoms with E-state index in [9.17, 15) is 4.79 Å². The lowest BCUT2D eigenvalue weighted by atomic mass is 10.2. The predicted molar refractivity (Wildman–Crippen MR) is 94.2 cm³/mol. The number of thioether (sulfide) groups is 1. The van der Waals surface area contributed by atoms with E-state index in [0.717, 1.165) is 10.9 Å². The SMILES string of the molecule is CN1C(=NC2CC2)SCC1CC(=O)Nc1cc(Cl)cc(Cl)c1. The van der Waals surface area contributed by atoms with Gasteiger partial charge < -0.3 is 10.2 Å². The highest BCUT2D eigenvalue weighted by Gasteiger charge is 2.31. The number of nitrogens with zero attached hydrogens (tertiary/aromatic N) is 2. The van der Waals surface area contributed by atoms with Crippen molar-refractivity contribution in [2.24, 2.45) is 4.99 Å². The maximum Gasteiger partial charge on any atom is 0.226 e. The monoisotopic (exact) mass is 357 g/mol. The molecule has 1 aromatic carbocycles. The summed E-state index contributed by atoms with van der Waals surface area (Å²) in [6, 6.07) is 5.71. The summed E-state index contributed by atoms with van der Waals surface area (Å²) in [6.07, 6.45) is 2.81. The number of amidine groups is 1. The molecule has 1 saturated heterocycles. The van der Waals surface area contributed by atoms with Gasteiger partial charge in [0.25, 0.3) is 0 Å². The van der Waals surface area contributed by atoms with Crippen molar-refractivity contribution in [1.82, 2.24) is 4.90 Å². The summed E-state index contributed by atoms with van der Waals surface area (Å²) in [7, 11) is 2.01. The molecule has 1 saturated carbocycles. The molecule has 0 spiro atoms. The Morgan fingerprint density at radius 3 is 2.68 bits per heavy atom. The average Bonchev–Trinajstić information content (AvgIpc) is 3.17. The molecule has 1 N–H and O–H groups in total. The zero-order chi connectivity index (χ0) is 15.7. The lowest BCUT2D eigenvalue weighted by Gasteiger charge is -2.20. The highest BCUT2D eigenvalue weighted by molar-refractivity contribution is 8.14. The summed E-state index contributed by atoms with van der Waals surface area (Å²) in [4.78, 5) is 19.0. The maximum atomic E-state index is 12.2. The fourth-order valence-corrected chi connectivity index (χ4v) is 4.06. The fraction of sp³-hybridized carbons (Fsp3) is 0.467. The van der Waals surface area contributed by atoms with Gasteiger partial charge in [-0.3, -0.25) is 9.79 Å². The number of carbonyl (C=O) groups is 1. The third-order valence-corrected chi connectivity index (χ3v) is 5.30. The van der Waals surface area contributed by atoms with E-state index in [4.69, 9.17) is 23.2 Å². The predicted octanol–water partition coefficient (Wildman–Crippen LogP) is 3.89. The molecule has 0 radical (unpaired) electrons. The third kappa shape index (κ3) is 4.09. The molecule has 1 aliphatic heterocycles. The van der Waals surface area contributed by atoms with Crippen LogP contribution in [0.5, 0.6) is 0 Å². The molecule has 2 aliphatic rings. The number of rotatable bonds is 4. The van der Waals surface area contributed by atoms with Crippen LogP contribution in [0, 0.1) is 0 Å². The minimum atomic E-state index is -0.0385. The van der Waals surface area contributed by atoms with Crippen LogP contribution in [0.15, 0.2) is 23.2 Å². The van der Waals surface area contributed by atoms with Gasteiger partial charge in [0.05, 0.1) is 6.04 Å². The van der Waals surface area contributed by atoms with Gasteiger partial charge in [0.2, 0.25) is 5.91 Å².